The first kappa shape index (κ1) is 18.8. The van der Waals surface area contributed by atoms with Gasteiger partial charge >= 0.3 is 6.61 Å². The normalized spacial score (nSPS) is 26.6. The first-order chi connectivity index (χ1) is 18.7. The highest BCUT2D eigenvalue weighted by molar-refractivity contribution is 5.97. The number of nitrogens with zero attached hydrogens (tertiary/aromatic N) is 4. The van der Waals surface area contributed by atoms with E-state index in [2.05, 4.69) is 16.7 Å². The highest BCUT2D eigenvalue weighted by Gasteiger charge is 2.45. The van der Waals surface area contributed by atoms with Crippen molar-refractivity contribution in [3.05, 3.63) is 58.9 Å². The Bertz CT molecular complexity index is 1560. The van der Waals surface area contributed by atoms with E-state index in [0.29, 0.717) is 22.8 Å². The molecule has 36 heavy (non-hydrogen) atoms. The number of ether oxygens (including phenoxy) is 1. The summed E-state index contributed by atoms with van der Waals surface area (Å²) in [6.45, 7) is -3.77. The summed E-state index contributed by atoms with van der Waals surface area (Å²) in [7, 11) is 0. The van der Waals surface area contributed by atoms with Crippen LogP contribution >= 0.6 is 0 Å². The van der Waals surface area contributed by atoms with Gasteiger partial charge in [0.15, 0.2) is 0 Å². The molecule has 3 aromatic rings. The molecule has 1 aliphatic carbocycles. The molecule has 8 heteroatoms. The molecule has 4 heterocycles. The lowest BCUT2D eigenvalue weighted by molar-refractivity contribution is -0.0507. The summed E-state index contributed by atoms with van der Waals surface area (Å²) in [6, 6.07) is 9.20. The molecule has 184 valence electrons. The second-order valence-corrected chi connectivity index (χ2v) is 10.1. The monoisotopic (exact) mass is 491 g/mol. The maximum absolute atomic E-state index is 13.5. The maximum Gasteiger partial charge on any atom is 0.387 e. The number of halogens is 2. The molecule has 0 radical (unpaired) electrons. The fourth-order valence-corrected chi connectivity index (χ4v) is 6.05. The Morgan fingerprint density at radius 1 is 1.19 bits per heavy atom. The van der Waals surface area contributed by atoms with Crippen molar-refractivity contribution < 1.29 is 22.4 Å². The minimum Gasteiger partial charge on any atom is -0.434 e. The molecule has 2 fully saturated rings. The smallest absolute Gasteiger partial charge is 0.387 e. The van der Waals surface area contributed by atoms with Crippen LogP contribution in [0.3, 0.4) is 0 Å². The summed E-state index contributed by atoms with van der Waals surface area (Å²) in [5.41, 5.74) is 2.44. The molecule has 4 aliphatic rings. The van der Waals surface area contributed by atoms with Crippen LogP contribution in [-0.4, -0.2) is 58.0 Å². The van der Waals surface area contributed by atoms with Gasteiger partial charge in [-0.15, -0.1) is 0 Å². The number of likely N-dealkylation sites (tertiary alicyclic amines) is 1. The van der Waals surface area contributed by atoms with Gasteiger partial charge in [-0.2, -0.15) is 8.78 Å². The van der Waals surface area contributed by atoms with Gasteiger partial charge in [0, 0.05) is 52.7 Å². The van der Waals surface area contributed by atoms with E-state index in [1.54, 1.807) is 0 Å². The van der Waals surface area contributed by atoms with E-state index in [-0.39, 0.29) is 23.3 Å². The zero-order valence-corrected chi connectivity index (χ0v) is 19.5. The van der Waals surface area contributed by atoms with Gasteiger partial charge < -0.3 is 14.2 Å². The summed E-state index contributed by atoms with van der Waals surface area (Å²) < 4.78 is 57.9. The van der Waals surface area contributed by atoms with Gasteiger partial charge in [0.05, 0.1) is 23.1 Å². The molecule has 1 saturated carbocycles. The van der Waals surface area contributed by atoms with Crippen LogP contribution in [0, 0.1) is 17.8 Å². The molecular formula is C28H26F2N4O2. The Morgan fingerprint density at radius 2 is 2.08 bits per heavy atom. The van der Waals surface area contributed by atoms with E-state index in [9.17, 15) is 13.6 Å². The van der Waals surface area contributed by atoms with Crippen molar-refractivity contribution in [1.29, 1.82) is 0 Å². The predicted molar refractivity (Wildman–Crippen MR) is 130 cm³/mol. The lowest BCUT2D eigenvalue weighted by atomic mass is 9.97. The number of fused-ring (bicyclic) bond motifs is 9. The molecule has 6 nitrogen and oxygen atoms in total. The van der Waals surface area contributed by atoms with Crippen LogP contribution in [0.1, 0.15) is 69.2 Å². The quantitative estimate of drug-likeness (QED) is 0.503. The van der Waals surface area contributed by atoms with Gasteiger partial charge in [0.25, 0.3) is 5.91 Å². The molecule has 3 atom stereocenters. The topological polar surface area (TPSA) is 50.6 Å². The third kappa shape index (κ3) is 3.40. The lowest BCUT2D eigenvalue weighted by Gasteiger charge is -2.24. The summed E-state index contributed by atoms with van der Waals surface area (Å²) in [5.74, 6) is 6.57. The standard InChI is InChI=1S/C28H26F2N4O2/c1-32-23-14-22(25-19(27(32)35)3-2-4-24(25)36-28(29)30)34-21-13-16(7-10-20(21)31-26(23)34)5-6-17-11-12-33(15-17)18-8-9-18/h2-4,7,10,13,17-18,22-23,28H,8-9,11-12,14-15H2,1H3/t17?,22-,23-/m1/s1/i1D3. The highest BCUT2D eigenvalue weighted by atomic mass is 19.3. The summed E-state index contributed by atoms with van der Waals surface area (Å²) in [5, 5.41) is 0. The number of imidazole rings is 1. The minimum absolute atomic E-state index is 0.0432. The van der Waals surface area contributed by atoms with Crippen molar-refractivity contribution in [2.75, 3.05) is 20.1 Å². The Balaban J connectivity index is 1.34. The number of rotatable bonds is 3. The molecule has 1 saturated heterocycles. The number of carbonyl (C=O) groups excluding carboxylic acids is 1. The van der Waals surface area contributed by atoms with Crippen LogP contribution < -0.4 is 4.74 Å². The first-order valence-corrected chi connectivity index (χ1v) is 12.4. The van der Waals surface area contributed by atoms with E-state index in [4.69, 9.17) is 13.8 Å². The van der Waals surface area contributed by atoms with Crippen molar-refractivity contribution in [3.63, 3.8) is 0 Å². The van der Waals surface area contributed by atoms with Crippen LogP contribution in [0.5, 0.6) is 5.75 Å². The Hall–Kier alpha value is -3.44. The molecule has 2 aromatic carbocycles. The van der Waals surface area contributed by atoms with Gasteiger partial charge in [-0.1, -0.05) is 17.9 Å². The second-order valence-electron chi connectivity index (χ2n) is 10.1. The molecular weight excluding hydrogens is 462 g/mol. The van der Waals surface area contributed by atoms with Crippen molar-refractivity contribution in [1.82, 2.24) is 19.4 Å². The number of aromatic nitrogens is 2. The lowest BCUT2D eigenvalue weighted by Crippen LogP contribution is -2.30. The molecule has 0 spiro atoms. The third-order valence-corrected chi connectivity index (χ3v) is 7.85. The summed E-state index contributed by atoms with van der Waals surface area (Å²) in [6.07, 6.45) is 3.81. The number of alkyl halides is 2. The predicted octanol–water partition coefficient (Wildman–Crippen LogP) is 4.59. The maximum atomic E-state index is 13.5. The number of hydrogen-bond donors (Lipinski definition) is 0. The molecule has 1 unspecified atom stereocenters. The van der Waals surface area contributed by atoms with Gasteiger partial charge in [0.1, 0.15) is 11.6 Å². The van der Waals surface area contributed by atoms with Crippen molar-refractivity contribution in [3.8, 4) is 17.6 Å². The van der Waals surface area contributed by atoms with Gasteiger partial charge in [0.2, 0.25) is 0 Å². The highest BCUT2D eigenvalue weighted by Crippen LogP contribution is 2.50. The summed E-state index contributed by atoms with van der Waals surface area (Å²) in [4.78, 5) is 21.6. The molecule has 1 amide bonds. The molecule has 0 N–H and O–H groups in total. The fourth-order valence-electron chi connectivity index (χ4n) is 6.05. The number of carbonyl (C=O) groups is 1. The average Bonchev–Trinajstić information content (AvgIpc) is 3.39. The Morgan fingerprint density at radius 3 is 2.89 bits per heavy atom. The Kier molecular flexibility index (Phi) is 4.19. The number of amides is 1. The second kappa shape index (κ2) is 8.04. The van der Waals surface area contributed by atoms with Crippen LogP contribution in [-0.2, 0) is 0 Å². The molecule has 1 aromatic heterocycles. The van der Waals surface area contributed by atoms with E-state index < -0.39 is 31.6 Å². The van der Waals surface area contributed by atoms with Crippen molar-refractivity contribution in [2.45, 2.75) is 50.4 Å². The van der Waals surface area contributed by atoms with Gasteiger partial charge in [-0.3, -0.25) is 9.69 Å². The van der Waals surface area contributed by atoms with Gasteiger partial charge in [-0.25, -0.2) is 4.98 Å². The Labute approximate surface area is 212 Å². The third-order valence-electron chi connectivity index (χ3n) is 7.85. The SMILES string of the molecule is [2H]C([2H])([2H])N1C(=O)c2cccc(OC(F)F)c2[C@H]2C[C@@H]1c1nc3ccc(C#CC4CCN(C5CC5)C4)cc3n12. The van der Waals surface area contributed by atoms with Gasteiger partial charge in [-0.05, 0) is 56.1 Å². The van der Waals surface area contributed by atoms with E-state index in [0.717, 1.165) is 36.0 Å². The minimum atomic E-state index is -3.10. The number of benzene rings is 2. The summed E-state index contributed by atoms with van der Waals surface area (Å²) >= 11 is 0. The molecule has 7 rings (SSSR count). The number of hydrogen-bond acceptors (Lipinski definition) is 4. The van der Waals surface area contributed by atoms with Crippen LogP contribution in [0.2, 0.25) is 0 Å². The largest absolute Gasteiger partial charge is 0.434 e. The van der Waals surface area contributed by atoms with E-state index >= 15 is 0 Å². The molecule has 2 bridgehead atoms. The van der Waals surface area contributed by atoms with E-state index in [1.807, 2.05) is 22.8 Å². The van der Waals surface area contributed by atoms with E-state index in [1.165, 1.54) is 31.0 Å². The first-order valence-electron chi connectivity index (χ1n) is 13.9. The van der Waals surface area contributed by atoms with Crippen LogP contribution in [0.4, 0.5) is 8.78 Å². The van der Waals surface area contributed by atoms with Crippen LogP contribution in [0.25, 0.3) is 11.0 Å². The zero-order valence-electron chi connectivity index (χ0n) is 22.5. The average molecular weight is 492 g/mol. The zero-order chi connectivity index (χ0) is 27.1. The fraction of sp³-hybridized carbons (Fsp3) is 0.429. The van der Waals surface area contributed by atoms with Crippen molar-refractivity contribution in [2.24, 2.45) is 5.92 Å². The van der Waals surface area contributed by atoms with Crippen LogP contribution in [0.15, 0.2) is 36.4 Å². The van der Waals surface area contributed by atoms with Crippen molar-refractivity contribution >= 4 is 16.9 Å². The molecule has 3 aliphatic heterocycles.